The fourth-order valence-electron chi connectivity index (χ4n) is 2.87. The average Bonchev–Trinajstić information content (AvgIpc) is 2.52. The van der Waals surface area contributed by atoms with Crippen LogP contribution in [-0.2, 0) is 15.3 Å². The summed E-state index contributed by atoms with van der Waals surface area (Å²) in [6.45, 7) is 1.57. The van der Waals surface area contributed by atoms with E-state index in [0.717, 1.165) is 4.57 Å². The molecule has 24 heavy (non-hydrogen) atoms. The summed E-state index contributed by atoms with van der Waals surface area (Å²) in [5.74, 6) is 4.15. The Morgan fingerprint density at radius 1 is 1.33 bits per heavy atom. The van der Waals surface area contributed by atoms with E-state index in [4.69, 9.17) is 11.6 Å². The van der Waals surface area contributed by atoms with Gasteiger partial charge in [0.2, 0.25) is 5.91 Å². The molecular weight excluding hydrogens is 314 g/mol. The number of nitrogens with two attached hydrogens (primary N) is 2. The zero-order valence-corrected chi connectivity index (χ0v) is 12.8. The van der Waals surface area contributed by atoms with Gasteiger partial charge < -0.3 is 11.6 Å². The molecule has 1 aromatic carbocycles. The predicted molar refractivity (Wildman–Crippen MR) is 84.0 cm³/mol. The van der Waals surface area contributed by atoms with Crippen LogP contribution in [-0.4, -0.2) is 21.4 Å². The highest BCUT2D eigenvalue weighted by molar-refractivity contribution is 6.01. The standard InChI is InChI=1S/C14H15N7O3/c1-7-17-8-3-2-4-9(19-20-16)11(8)12(23)21(7)14(15)6-5-10(22)18-13(14)24/h2-4H,5-6,15H2,1H3,(H2,16,19)(H,18,22,24)/t14-/m1/s1. The van der Waals surface area contributed by atoms with Gasteiger partial charge in [-0.2, -0.15) is 0 Å². The second-order valence-electron chi connectivity index (χ2n) is 5.49. The first-order valence-corrected chi connectivity index (χ1v) is 7.15. The summed E-state index contributed by atoms with van der Waals surface area (Å²) in [5.41, 5.74) is 4.53. The van der Waals surface area contributed by atoms with E-state index in [1.165, 1.54) is 0 Å². The molecule has 0 saturated carbocycles. The maximum atomic E-state index is 13.0. The number of amides is 2. The lowest BCUT2D eigenvalue weighted by Crippen LogP contribution is -2.63. The minimum atomic E-state index is -1.71. The monoisotopic (exact) mass is 329 g/mol. The van der Waals surface area contributed by atoms with Crippen LogP contribution in [0.15, 0.2) is 33.3 Å². The van der Waals surface area contributed by atoms with Crippen LogP contribution >= 0.6 is 0 Å². The van der Waals surface area contributed by atoms with E-state index in [2.05, 4.69) is 20.6 Å². The molecular formula is C14H15N7O3. The van der Waals surface area contributed by atoms with Crippen molar-refractivity contribution >= 4 is 28.4 Å². The van der Waals surface area contributed by atoms with Crippen LogP contribution in [0.3, 0.4) is 0 Å². The maximum absolute atomic E-state index is 13.0. The molecule has 10 nitrogen and oxygen atoms in total. The number of rotatable bonds is 2. The van der Waals surface area contributed by atoms with Crippen LogP contribution in [0.25, 0.3) is 10.9 Å². The summed E-state index contributed by atoms with van der Waals surface area (Å²) in [6, 6.07) is 4.85. The lowest BCUT2D eigenvalue weighted by atomic mass is 9.98. The molecule has 1 saturated heterocycles. The smallest absolute Gasteiger partial charge is 0.267 e. The zero-order valence-electron chi connectivity index (χ0n) is 12.8. The number of nitrogens with one attached hydrogen (secondary N) is 1. The highest BCUT2D eigenvalue weighted by Gasteiger charge is 2.43. The number of benzene rings is 1. The molecule has 0 aliphatic carbocycles. The summed E-state index contributed by atoms with van der Waals surface area (Å²) >= 11 is 0. The van der Waals surface area contributed by atoms with Gasteiger partial charge in [-0.15, -0.1) is 5.11 Å². The minimum absolute atomic E-state index is 0.00776. The molecule has 2 amide bonds. The molecule has 1 aliphatic rings. The van der Waals surface area contributed by atoms with Crippen molar-refractivity contribution in [2.24, 2.45) is 21.9 Å². The Morgan fingerprint density at radius 2 is 2.08 bits per heavy atom. The van der Waals surface area contributed by atoms with Gasteiger partial charge in [0.1, 0.15) is 11.5 Å². The van der Waals surface area contributed by atoms with Crippen LogP contribution < -0.4 is 22.5 Å². The van der Waals surface area contributed by atoms with Gasteiger partial charge >= 0.3 is 0 Å². The molecule has 10 heteroatoms. The van der Waals surface area contributed by atoms with Gasteiger partial charge in [-0.1, -0.05) is 11.3 Å². The number of carbonyl (C=O) groups is 2. The van der Waals surface area contributed by atoms with Crippen LogP contribution in [0, 0.1) is 6.92 Å². The molecule has 0 spiro atoms. The third-order valence-corrected chi connectivity index (χ3v) is 3.99. The molecule has 124 valence electrons. The number of hydrogen-bond donors (Lipinski definition) is 3. The molecule has 2 heterocycles. The second-order valence-corrected chi connectivity index (χ2v) is 5.49. The van der Waals surface area contributed by atoms with Gasteiger partial charge in [0.15, 0.2) is 5.66 Å². The Bertz CT molecular complexity index is 949. The third-order valence-electron chi connectivity index (χ3n) is 3.99. The van der Waals surface area contributed by atoms with Crippen LogP contribution in [0.2, 0.25) is 0 Å². The Balaban J connectivity index is 2.33. The van der Waals surface area contributed by atoms with Gasteiger partial charge in [0.25, 0.3) is 11.5 Å². The lowest BCUT2D eigenvalue weighted by molar-refractivity contribution is -0.140. The van der Waals surface area contributed by atoms with E-state index in [1.807, 2.05) is 0 Å². The molecule has 1 aliphatic heterocycles. The number of nitrogens with zero attached hydrogens (tertiary/aromatic N) is 4. The zero-order chi connectivity index (χ0) is 17.5. The molecule has 3 rings (SSSR count). The minimum Gasteiger partial charge on any atom is -0.305 e. The number of aromatic nitrogens is 2. The van der Waals surface area contributed by atoms with Gasteiger partial charge in [-0.25, -0.2) is 4.98 Å². The van der Waals surface area contributed by atoms with Crippen molar-refractivity contribution in [2.45, 2.75) is 25.4 Å². The van der Waals surface area contributed by atoms with Crippen molar-refractivity contribution in [1.82, 2.24) is 14.9 Å². The van der Waals surface area contributed by atoms with Crippen molar-refractivity contribution in [3.8, 4) is 0 Å². The van der Waals surface area contributed by atoms with Crippen LogP contribution in [0.4, 0.5) is 5.69 Å². The predicted octanol–water partition coefficient (Wildman–Crippen LogP) is -0.290. The summed E-state index contributed by atoms with van der Waals surface area (Å²) in [5, 5.41) is 9.22. The van der Waals surface area contributed by atoms with E-state index in [-0.39, 0.29) is 29.7 Å². The Labute approximate surface area is 135 Å². The number of hydrogen-bond acceptors (Lipinski definition) is 7. The molecule has 0 unspecified atom stereocenters. The SMILES string of the molecule is Cc1nc2cccc(N=NN)c2c(=O)n1[C@]1(N)CCC(=O)NC1=O. The van der Waals surface area contributed by atoms with Crippen LogP contribution in [0.5, 0.6) is 0 Å². The number of aryl methyl sites for hydroxylation is 1. The van der Waals surface area contributed by atoms with Crippen molar-refractivity contribution < 1.29 is 9.59 Å². The number of carbonyl (C=O) groups excluding carboxylic acids is 2. The number of piperidine rings is 1. The fourth-order valence-corrected chi connectivity index (χ4v) is 2.87. The highest BCUT2D eigenvalue weighted by Crippen LogP contribution is 2.25. The quantitative estimate of drug-likeness (QED) is 0.297. The Morgan fingerprint density at radius 3 is 2.75 bits per heavy atom. The van der Waals surface area contributed by atoms with Crippen molar-refractivity contribution in [1.29, 1.82) is 0 Å². The summed E-state index contributed by atoms with van der Waals surface area (Å²) < 4.78 is 1.09. The molecule has 1 aromatic heterocycles. The molecule has 2 aromatic rings. The van der Waals surface area contributed by atoms with Gasteiger partial charge in [-0.05, 0) is 19.1 Å². The molecule has 1 atom stereocenters. The van der Waals surface area contributed by atoms with E-state index < -0.39 is 23.0 Å². The van der Waals surface area contributed by atoms with Gasteiger partial charge in [-0.3, -0.25) is 24.3 Å². The molecule has 5 N–H and O–H groups in total. The topological polar surface area (TPSA) is 158 Å². The first-order valence-electron chi connectivity index (χ1n) is 7.15. The Kier molecular flexibility index (Phi) is 3.60. The lowest BCUT2D eigenvalue weighted by Gasteiger charge is -2.34. The van der Waals surface area contributed by atoms with Crippen molar-refractivity contribution in [3.63, 3.8) is 0 Å². The van der Waals surface area contributed by atoms with E-state index in [1.54, 1.807) is 25.1 Å². The molecule has 0 radical (unpaired) electrons. The fraction of sp³-hybridized carbons (Fsp3) is 0.286. The molecule has 0 bridgehead atoms. The second kappa shape index (κ2) is 5.49. The average molecular weight is 329 g/mol. The summed E-state index contributed by atoms with van der Waals surface area (Å²) in [4.78, 5) is 41.0. The number of imide groups is 1. The normalized spacial score (nSPS) is 21.4. The van der Waals surface area contributed by atoms with Crippen LogP contribution in [0.1, 0.15) is 18.7 Å². The molecule has 1 fully saturated rings. The van der Waals surface area contributed by atoms with E-state index >= 15 is 0 Å². The first kappa shape index (κ1) is 15.7. The van der Waals surface area contributed by atoms with Gasteiger partial charge in [0.05, 0.1) is 10.9 Å². The first-order chi connectivity index (χ1) is 11.4. The van der Waals surface area contributed by atoms with Crippen molar-refractivity contribution in [2.75, 3.05) is 0 Å². The third kappa shape index (κ3) is 2.24. The highest BCUT2D eigenvalue weighted by atomic mass is 16.2. The Hall–Kier alpha value is -3.14. The summed E-state index contributed by atoms with van der Waals surface area (Å²) in [6.07, 6.45) is 0.0164. The maximum Gasteiger partial charge on any atom is 0.267 e. The van der Waals surface area contributed by atoms with Gasteiger partial charge in [0, 0.05) is 12.8 Å². The van der Waals surface area contributed by atoms with Crippen molar-refractivity contribution in [3.05, 3.63) is 34.4 Å². The largest absolute Gasteiger partial charge is 0.305 e. The summed E-state index contributed by atoms with van der Waals surface area (Å²) in [7, 11) is 0. The number of fused-ring (bicyclic) bond motifs is 1. The van der Waals surface area contributed by atoms with E-state index in [9.17, 15) is 14.4 Å². The van der Waals surface area contributed by atoms with E-state index in [0.29, 0.717) is 5.52 Å².